The summed E-state index contributed by atoms with van der Waals surface area (Å²) in [6.07, 6.45) is 3.13. The molecule has 4 heteroatoms. The monoisotopic (exact) mass is 234 g/mol. The van der Waals surface area contributed by atoms with Crippen LogP contribution < -0.4 is 0 Å². The molecule has 0 aliphatic rings. The highest BCUT2D eigenvalue weighted by molar-refractivity contribution is 5.22. The van der Waals surface area contributed by atoms with Crippen LogP contribution in [0, 0.1) is 6.92 Å². The number of aryl methyl sites for hydroxylation is 1. The lowest BCUT2D eigenvalue weighted by Gasteiger charge is -2.16. The first-order chi connectivity index (χ1) is 7.93. The summed E-state index contributed by atoms with van der Waals surface area (Å²) in [5.41, 5.74) is 0.552. The van der Waals surface area contributed by atoms with E-state index < -0.39 is 5.41 Å². The molecule has 0 amide bonds. The second kappa shape index (κ2) is 4.02. The summed E-state index contributed by atoms with van der Waals surface area (Å²) in [7, 11) is 0. The van der Waals surface area contributed by atoms with Gasteiger partial charge in [-0.3, -0.25) is 0 Å². The minimum absolute atomic E-state index is 0.335. The van der Waals surface area contributed by atoms with Gasteiger partial charge >= 0.3 is 0 Å². The molecule has 0 aromatic carbocycles. The fraction of sp³-hybridized carbons (Fsp3) is 0.538. The average molecular weight is 234 g/mol. The van der Waals surface area contributed by atoms with Gasteiger partial charge in [0.05, 0.1) is 11.9 Å². The normalized spacial score (nSPS) is 12.4. The number of nitrogens with zero attached hydrogens (tertiary/aromatic N) is 2. The predicted molar refractivity (Wildman–Crippen MR) is 64.0 cm³/mol. The topological polar surface area (TPSA) is 52.1 Å². The highest BCUT2D eigenvalue weighted by Crippen LogP contribution is 2.33. The maximum Gasteiger partial charge on any atom is 0.208 e. The van der Waals surface area contributed by atoms with Gasteiger partial charge in [0.1, 0.15) is 16.9 Å². The zero-order valence-electron chi connectivity index (χ0n) is 10.9. The molecule has 0 spiro atoms. The summed E-state index contributed by atoms with van der Waals surface area (Å²) in [6, 6.07) is 0. The van der Waals surface area contributed by atoms with Crippen molar-refractivity contribution in [3.05, 3.63) is 35.7 Å². The summed E-state index contributed by atoms with van der Waals surface area (Å²) in [6.45, 7) is 10.2. The standard InChI is InChI=1S/C13H18N2O2/c1-8(2)11-9(3)15-12(17-11)13(4,5)10-6-14-7-16-10/h6-8H,1-5H3. The van der Waals surface area contributed by atoms with Crippen LogP contribution in [0.3, 0.4) is 0 Å². The summed E-state index contributed by atoms with van der Waals surface area (Å²) < 4.78 is 11.2. The van der Waals surface area contributed by atoms with Crippen molar-refractivity contribution in [3.8, 4) is 0 Å². The van der Waals surface area contributed by atoms with Crippen LogP contribution in [0.4, 0.5) is 0 Å². The Morgan fingerprint density at radius 3 is 2.47 bits per heavy atom. The van der Waals surface area contributed by atoms with Crippen LogP contribution in [0.5, 0.6) is 0 Å². The van der Waals surface area contributed by atoms with E-state index in [9.17, 15) is 0 Å². The van der Waals surface area contributed by atoms with Gasteiger partial charge in [0.15, 0.2) is 6.39 Å². The van der Waals surface area contributed by atoms with Gasteiger partial charge in [0.2, 0.25) is 5.89 Å². The predicted octanol–water partition coefficient (Wildman–Crippen LogP) is 3.42. The number of hydrogen-bond acceptors (Lipinski definition) is 4. The Hall–Kier alpha value is -1.58. The number of hydrogen-bond donors (Lipinski definition) is 0. The van der Waals surface area contributed by atoms with Crippen LogP contribution in [-0.2, 0) is 5.41 Å². The first kappa shape index (κ1) is 11.9. The van der Waals surface area contributed by atoms with Crippen LogP contribution in [0.2, 0.25) is 0 Å². The van der Waals surface area contributed by atoms with Crippen LogP contribution in [0.1, 0.15) is 56.7 Å². The van der Waals surface area contributed by atoms with E-state index in [-0.39, 0.29) is 0 Å². The third kappa shape index (κ3) is 1.99. The zero-order valence-corrected chi connectivity index (χ0v) is 10.9. The van der Waals surface area contributed by atoms with Crippen molar-refractivity contribution in [2.45, 2.75) is 46.0 Å². The van der Waals surface area contributed by atoms with E-state index in [1.807, 2.05) is 20.8 Å². The Balaban J connectivity index is 2.44. The molecule has 4 nitrogen and oxygen atoms in total. The van der Waals surface area contributed by atoms with Crippen LogP contribution in [-0.4, -0.2) is 9.97 Å². The van der Waals surface area contributed by atoms with Crippen LogP contribution in [0.25, 0.3) is 0 Å². The number of aromatic nitrogens is 2. The molecular weight excluding hydrogens is 216 g/mol. The molecule has 0 atom stereocenters. The maximum absolute atomic E-state index is 5.87. The molecule has 0 N–H and O–H groups in total. The SMILES string of the molecule is Cc1nc(C(C)(C)c2cnco2)oc1C(C)C. The lowest BCUT2D eigenvalue weighted by molar-refractivity contribution is 0.336. The Labute approximate surface area is 101 Å². The first-order valence-electron chi connectivity index (χ1n) is 5.79. The molecule has 92 valence electrons. The lowest BCUT2D eigenvalue weighted by Crippen LogP contribution is -2.18. The smallest absolute Gasteiger partial charge is 0.208 e. The second-order valence-electron chi connectivity index (χ2n) is 5.11. The molecule has 2 heterocycles. The Morgan fingerprint density at radius 1 is 1.29 bits per heavy atom. The van der Waals surface area contributed by atoms with Crippen molar-refractivity contribution >= 4 is 0 Å². The van der Waals surface area contributed by atoms with Gasteiger partial charge in [-0.05, 0) is 20.8 Å². The van der Waals surface area contributed by atoms with Crippen molar-refractivity contribution in [1.29, 1.82) is 0 Å². The van der Waals surface area contributed by atoms with Gasteiger partial charge in [-0.1, -0.05) is 13.8 Å². The van der Waals surface area contributed by atoms with E-state index in [2.05, 4.69) is 23.8 Å². The highest BCUT2D eigenvalue weighted by atomic mass is 16.4. The van der Waals surface area contributed by atoms with Crippen LogP contribution >= 0.6 is 0 Å². The third-order valence-electron chi connectivity index (χ3n) is 2.94. The molecule has 2 aromatic rings. The first-order valence-corrected chi connectivity index (χ1v) is 5.79. The van der Waals surface area contributed by atoms with E-state index in [1.165, 1.54) is 6.39 Å². The minimum atomic E-state index is -0.394. The summed E-state index contributed by atoms with van der Waals surface area (Å²) >= 11 is 0. The number of oxazole rings is 2. The minimum Gasteiger partial charge on any atom is -0.447 e. The van der Waals surface area contributed by atoms with E-state index in [1.54, 1.807) is 6.20 Å². The second-order valence-corrected chi connectivity index (χ2v) is 5.11. The quantitative estimate of drug-likeness (QED) is 0.816. The van der Waals surface area contributed by atoms with Gasteiger partial charge in [0.25, 0.3) is 0 Å². The van der Waals surface area contributed by atoms with Crippen LogP contribution in [0.15, 0.2) is 21.4 Å². The van der Waals surface area contributed by atoms with Crippen molar-refractivity contribution in [2.75, 3.05) is 0 Å². The van der Waals surface area contributed by atoms with E-state index in [0.29, 0.717) is 11.8 Å². The summed E-state index contributed by atoms with van der Waals surface area (Å²) in [5, 5.41) is 0. The largest absolute Gasteiger partial charge is 0.447 e. The summed E-state index contributed by atoms with van der Waals surface area (Å²) in [5.74, 6) is 2.71. The Morgan fingerprint density at radius 2 is 2.00 bits per heavy atom. The molecular formula is C13H18N2O2. The molecule has 0 unspecified atom stereocenters. The molecule has 0 aliphatic carbocycles. The van der Waals surface area contributed by atoms with Gasteiger partial charge in [-0.25, -0.2) is 9.97 Å². The molecule has 0 fully saturated rings. The molecule has 0 radical (unpaired) electrons. The van der Waals surface area contributed by atoms with Gasteiger partial charge < -0.3 is 8.83 Å². The molecule has 2 rings (SSSR count). The maximum atomic E-state index is 5.87. The molecule has 0 saturated carbocycles. The Kier molecular flexibility index (Phi) is 2.81. The van der Waals surface area contributed by atoms with Crippen molar-refractivity contribution in [1.82, 2.24) is 9.97 Å². The molecule has 17 heavy (non-hydrogen) atoms. The molecule has 2 aromatic heterocycles. The van der Waals surface area contributed by atoms with Gasteiger partial charge in [0, 0.05) is 5.92 Å². The molecule has 0 aliphatic heterocycles. The zero-order chi connectivity index (χ0) is 12.6. The fourth-order valence-corrected chi connectivity index (χ4v) is 1.84. The Bertz CT molecular complexity index is 495. The molecule has 0 bridgehead atoms. The van der Waals surface area contributed by atoms with Crippen molar-refractivity contribution < 1.29 is 8.83 Å². The van der Waals surface area contributed by atoms with Gasteiger partial charge in [-0.2, -0.15) is 0 Å². The van der Waals surface area contributed by atoms with Gasteiger partial charge in [-0.15, -0.1) is 0 Å². The molecule has 0 saturated heterocycles. The van der Waals surface area contributed by atoms with E-state index in [0.717, 1.165) is 17.2 Å². The fourth-order valence-electron chi connectivity index (χ4n) is 1.84. The summed E-state index contributed by atoms with van der Waals surface area (Å²) in [4.78, 5) is 8.45. The van der Waals surface area contributed by atoms with Crippen molar-refractivity contribution in [3.63, 3.8) is 0 Å². The highest BCUT2D eigenvalue weighted by Gasteiger charge is 2.33. The lowest BCUT2D eigenvalue weighted by atomic mass is 9.91. The third-order valence-corrected chi connectivity index (χ3v) is 2.94. The average Bonchev–Trinajstić information content (AvgIpc) is 2.84. The van der Waals surface area contributed by atoms with E-state index in [4.69, 9.17) is 8.83 Å². The van der Waals surface area contributed by atoms with E-state index >= 15 is 0 Å². The number of rotatable bonds is 3. The van der Waals surface area contributed by atoms with Crippen molar-refractivity contribution in [2.24, 2.45) is 0 Å².